The van der Waals surface area contributed by atoms with Gasteiger partial charge in [0.2, 0.25) is 21.8 Å². The van der Waals surface area contributed by atoms with E-state index in [4.69, 9.17) is 0 Å². The predicted molar refractivity (Wildman–Crippen MR) is 82.9 cm³/mol. The zero-order chi connectivity index (χ0) is 16.3. The zero-order valence-electron chi connectivity index (χ0n) is 12.7. The summed E-state index contributed by atoms with van der Waals surface area (Å²) in [4.78, 5) is 24.5. The molecule has 120 valence electrons. The lowest BCUT2D eigenvalue weighted by molar-refractivity contribution is -0.121. The van der Waals surface area contributed by atoms with Crippen LogP contribution in [0.25, 0.3) is 0 Å². The highest BCUT2D eigenvalue weighted by molar-refractivity contribution is 7.89. The maximum absolute atomic E-state index is 12.2. The first kappa shape index (κ1) is 16.6. The summed E-state index contributed by atoms with van der Waals surface area (Å²) in [5, 5.41) is 0. The molecular formula is C15H20N2O4S. The molecule has 1 aliphatic rings. The second-order valence-corrected chi connectivity index (χ2v) is 7.14. The molecule has 6 nitrogen and oxygen atoms in total. The van der Waals surface area contributed by atoms with Gasteiger partial charge in [-0.1, -0.05) is 13.3 Å². The fourth-order valence-corrected chi connectivity index (χ4v) is 3.74. The highest BCUT2D eigenvalue weighted by Gasteiger charge is 2.30. The van der Waals surface area contributed by atoms with Crippen molar-refractivity contribution in [1.82, 2.24) is 4.72 Å². The number of carbonyl (C=O) groups is 2. The minimum Gasteiger partial charge on any atom is -0.274 e. The first-order valence-corrected chi connectivity index (χ1v) is 8.81. The Kier molecular flexibility index (Phi) is 4.97. The Morgan fingerprint density at radius 1 is 1.14 bits per heavy atom. The monoisotopic (exact) mass is 324 g/mol. The summed E-state index contributed by atoms with van der Waals surface area (Å²) in [5.74, 6) is -0.509. The smallest absolute Gasteiger partial charge is 0.240 e. The lowest BCUT2D eigenvalue weighted by Gasteiger charge is -2.16. The van der Waals surface area contributed by atoms with Gasteiger partial charge in [-0.2, -0.15) is 0 Å². The van der Waals surface area contributed by atoms with Crippen molar-refractivity contribution in [3.63, 3.8) is 0 Å². The van der Waals surface area contributed by atoms with Crippen LogP contribution in [0.3, 0.4) is 0 Å². The minimum atomic E-state index is -3.59. The molecule has 1 aliphatic heterocycles. The third kappa shape index (κ3) is 3.53. The first-order valence-electron chi connectivity index (χ1n) is 7.33. The van der Waals surface area contributed by atoms with Crippen LogP contribution in [0.1, 0.15) is 39.5 Å². The number of rotatable bonds is 6. The largest absolute Gasteiger partial charge is 0.274 e. The van der Waals surface area contributed by atoms with E-state index in [9.17, 15) is 18.0 Å². The van der Waals surface area contributed by atoms with E-state index in [1.165, 1.54) is 24.3 Å². The molecule has 1 fully saturated rings. The van der Waals surface area contributed by atoms with Gasteiger partial charge in [0.25, 0.3) is 0 Å². The number of hydrogen-bond acceptors (Lipinski definition) is 4. The van der Waals surface area contributed by atoms with Crippen LogP contribution in [0.4, 0.5) is 5.69 Å². The number of anilines is 1. The fraction of sp³-hybridized carbons (Fsp3) is 0.467. The van der Waals surface area contributed by atoms with Gasteiger partial charge in [0.1, 0.15) is 0 Å². The van der Waals surface area contributed by atoms with Crippen LogP contribution >= 0.6 is 0 Å². The van der Waals surface area contributed by atoms with E-state index in [0.717, 1.165) is 17.7 Å². The normalized spacial score (nSPS) is 17.1. The number of imide groups is 1. The standard InChI is InChI=1S/C15H20N2O4S/c1-3-4-11(2)16-22(20,21)13-7-5-12(6-8-13)17-14(18)9-10-15(17)19/h5-8,11,16H,3-4,9-10H2,1-2H3/t11-/m0/s1. The topological polar surface area (TPSA) is 83.6 Å². The maximum Gasteiger partial charge on any atom is 0.240 e. The number of nitrogens with zero attached hydrogens (tertiary/aromatic N) is 1. The molecule has 1 aromatic rings. The highest BCUT2D eigenvalue weighted by atomic mass is 32.2. The molecule has 2 amide bonds. The summed E-state index contributed by atoms with van der Waals surface area (Å²) >= 11 is 0. The van der Waals surface area contributed by atoms with Gasteiger partial charge in [-0.15, -0.1) is 0 Å². The molecule has 0 unspecified atom stereocenters. The van der Waals surface area contributed by atoms with Crippen LogP contribution < -0.4 is 9.62 Å². The zero-order valence-corrected chi connectivity index (χ0v) is 13.5. The molecule has 2 rings (SSSR count). The average molecular weight is 324 g/mol. The van der Waals surface area contributed by atoms with E-state index in [1.54, 1.807) is 0 Å². The molecule has 0 aliphatic carbocycles. The van der Waals surface area contributed by atoms with Gasteiger partial charge < -0.3 is 0 Å². The fourth-order valence-electron chi connectivity index (χ4n) is 2.46. The highest BCUT2D eigenvalue weighted by Crippen LogP contribution is 2.24. The summed E-state index contributed by atoms with van der Waals surface area (Å²) in [6.45, 7) is 3.81. The molecule has 0 spiro atoms. The van der Waals surface area contributed by atoms with Crippen LogP contribution in [0, 0.1) is 0 Å². The van der Waals surface area contributed by atoms with Crippen LogP contribution in [0.15, 0.2) is 29.2 Å². The lowest BCUT2D eigenvalue weighted by atomic mass is 10.2. The molecule has 1 N–H and O–H groups in total. The first-order chi connectivity index (χ1) is 10.3. The van der Waals surface area contributed by atoms with Crippen molar-refractivity contribution in [2.75, 3.05) is 4.90 Å². The second kappa shape index (κ2) is 6.58. The average Bonchev–Trinajstić information content (AvgIpc) is 2.78. The van der Waals surface area contributed by atoms with E-state index < -0.39 is 10.0 Å². The van der Waals surface area contributed by atoms with Crippen molar-refractivity contribution in [3.05, 3.63) is 24.3 Å². The Morgan fingerprint density at radius 2 is 1.68 bits per heavy atom. The van der Waals surface area contributed by atoms with Crippen molar-refractivity contribution >= 4 is 27.5 Å². The summed E-state index contributed by atoms with van der Waals surface area (Å²) in [6, 6.07) is 5.65. The van der Waals surface area contributed by atoms with Gasteiger partial charge in [-0.25, -0.2) is 13.1 Å². The minimum absolute atomic E-state index is 0.123. The number of carbonyl (C=O) groups excluding carboxylic acids is 2. The van der Waals surface area contributed by atoms with Crippen LogP contribution in [0.2, 0.25) is 0 Å². The van der Waals surface area contributed by atoms with E-state index in [-0.39, 0.29) is 35.6 Å². The van der Waals surface area contributed by atoms with Crippen molar-refractivity contribution in [1.29, 1.82) is 0 Å². The molecule has 1 atom stereocenters. The Bertz CT molecular complexity index is 651. The third-order valence-corrected chi connectivity index (χ3v) is 5.14. The van der Waals surface area contributed by atoms with Gasteiger partial charge >= 0.3 is 0 Å². The lowest BCUT2D eigenvalue weighted by Crippen LogP contribution is -2.32. The Hall–Kier alpha value is -1.73. The molecule has 0 aromatic heterocycles. The van der Waals surface area contributed by atoms with Crippen molar-refractivity contribution in [2.24, 2.45) is 0 Å². The molecule has 1 aromatic carbocycles. The predicted octanol–water partition coefficient (Wildman–Crippen LogP) is 1.81. The van der Waals surface area contributed by atoms with Crippen LogP contribution in [-0.2, 0) is 19.6 Å². The molecular weight excluding hydrogens is 304 g/mol. The number of amides is 2. The summed E-state index contributed by atoms with van der Waals surface area (Å²) in [6.07, 6.45) is 2.06. The molecule has 22 heavy (non-hydrogen) atoms. The Balaban J connectivity index is 2.18. The molecule has 7 heteroatoms. The number of nitrogens with one attached hydrogen (secondary N) is 1. The van der Waals surface area contributed by atoms with Crippen LogP contribution in [0.5, 0.6) is 0 Å². The Morgan fingerprint density at radius 3 is 2.18 bits per heavy atom. The van der Waals surface area contributed by atoms with Gasteiger partial charge in [0, 0.05) is 18.9 Å². The van der Waals surface area contributed by atoms with E-state index in [2.05, 4.69) is 4.72 Å². The van der Waals surface area contributed by atoms with Crippen molar-refractivity contribution < 1.29 is 18.0 Å². The second-order valence-electron chi connectivity index (χ2n) is 5.43. The molecule has 1 heterocycles. The SMILES string of the molecule is CCC[C@H](C)NS(=O)(=O)c1ccc(N2C(=O)CCC2=O)cc1. The van der Waals surface area contributed by atoms with Gasteiger partial charge in [-0.05, 0) is 37.6 Å². The van der Waals surface area contributed by atoms with Crippen LogP contribution in [-0.4, -0.2) is 26.3 Å². The summed E-state index contributed by atoms with van der Waals surface area (Å²) < 4.78 is 27.0. The van der Waals surface area contributed by atoms with Gasteiger partial charge in [0.15, 0.2) is 0 Å². The maximum atomic E-state index is 12.2. The van der Waals surface area contributed by atoms with E-state index in [0.29, 0.717) is 5.69 Å². The Labute approximate surface area is 130 Å². The third-order valence-electron chi connectivity index (χ3n) is 3.53. The van der Waals surface area contributed by atoms with E-state index in [1.807, 2.05) is 13.8 Å². The number of sulfonamides is 1. The number of benzene rings is 1. The molecule has 1 saturated heterocycles. The van der Waals surface area contributed by atoms with E-state index >= 15 is 0 Å². The van der Waals surface area contributed by atoms with Gasteiger partial charge in [0.05, 0.1) is 10.6 Å². The van der Waals surface area contributed by atoms with Gasteiger partial charge in [-0.3, -0.25) is 14.5 Å². The molecule has 0 saturated carbocycles. The summed E-state index contributed by atoms with van der Waals surface area (Å²) in [5.41, 5.74) is 0.410. The molecule has 0 bridgehead atoms. The quantitative estimate of drug-likeness (QED) is 0.809. The van der Waals surface area contributed by atoms with Crippen molar-refractivity contribution in [3.8, 4) is 0 Å². The number of hydrogen-bond donors (Lipinski definition) is 1. The molecule has 0 radical (unpaired) electrons. The summed E-state index contributed by atoms with van der Waals surface area (Å²) in [7, 11) is -3.59. The van der Waals surface area contributed by atoms with Crippen molar-refractivity contribution in [2.45, 2.75) is 50.5 Å².